The fourth-order valence-electron chi connectivity index (χ4n) is 4.73. The van der Waals surface area contributed by atoms with Gasteiger partial charge in [-0.1, -0.05) is 54.6 Å². The number of hydrogen-bond donors (Lipinski definition) is 1. The minimum atomic E-state index is 0.457. The molecule has 142 valence electrons. The Kier molecular flexibility index (Phi) is 4.57. The SMILES string of the molecule is C[C@@H]1[C@@H](Nc2ncc(-c3ccc(-c4ccccc4)cc3)cn2)C2CCN1CC2. The standard InChI is InChI=1S/C24H26N4/c1-17-23(21-11-13-28(17)14-12-21)27-24-25-15-22(16-26-24)20-9-7-19(8-10-20)18-5-3-2-4-6-18/h2-10,15-17,21,23H,11-14H2,1H3,(H,25,26,27)/t17-,23-/m1/s1. The monoisotopic (exact) mass is 370 g/mol. The Hall–Kier alpha value is -2.72. The number of piperidine rings is 3. The molecule has 0 amide bonds. The van der Waals surface area contributed by atoms with E-state index in [0.717, 1.165) is 23.0 Å². The van der Waals surface area contributed by atoms with E-state index in [1.165, 1.54) is 37.1 Å². The quantitative estimate of drug-likeness (QED) is 0.722. The lowest BCUT2D eigenvalue weighted by Crippen LogP contribution is -2.59. The molecule has 0 saturated carbocycles. The van der Waals surface area contributed by atoms with Crippen LogP contribution in [-0.2, 0) is 0 Å². The second-order valence-electron chi connectivity index (χ2n) is 8.02. The van der Waals surface area contributed by atoms with E-state index in [-0.39, 0.29) is 0 Å². The summed E-state index contributed by atoms with van der Waals surface area (Å²) in [4.78, 5) is 11.8. The van der Waals surface area contributed by atoms with Crippen LogP contribution in [0.2, 0.25) is 0 Å². The van der Waals surface area contributed by atoms with Gasteiger partial charge in [-0.05, 0) is 55.5 Å². The largest absolute Gasteiger partial charge is 0.350 e. The van der Waals surface area contributed by atoms with Crippen LogP contribution < -0.4 is 5.32 Å². The Balaban J connectivity index is 1.30. The summed E-state index contributed by atoms with van der Waals surface area (Å²) in [6.45, 7) is 4.80. The van der Waals surface area contributed by atoms with Gasteiger partial charge in [0.15, 0.2) is 0 Å². The summed E-state index contributed by atoms with van der Waals surface area (Å²) >= 11 is 0. The van der Waals surface area contributed by atoms with E-state index in [2.05, 4.69) is 75.6 Å². The van der Waals surface area contributed by atoms with E-state index in [1.807, 2.05) is 18.5 Å². The van der Waals surface area contributed by atoms with Gasteiger partial charge in [0.1, 0.15) is 0 Å². The predicted octanol–water partition coefficient (Wildman–Crippen LogP) is 4.71. The molecule has 28 heavy (non-hydrogen) atoms. The molecule has 0 unspecified atom stereocenters. The number of anilines is 1. The van der Waals surface area contributed by atoms with E-state index in [9.17, 15) is 0 Å². The van der Waals surface area contributed by atoms with Crippen molar-refractivity contribution in [3.05, 3.63) is 67.0 Å². The second kappa shape index (κ2) is 7.36. The van der Waals surface area contributed by atoms with Crippen molar-refractivity contribution >= 4 is 5.95 Å². The number of rotatable bonds is 4. The van der Waals surface area contributed by atoms with E-state index in [0.29, 0.717) is 12.1 Å². The van der Waals surface area contributed by atoms with E-state index < -0.39 is 0 Å². The molecule has 4 nitrogen and oxygen atoms in total. The average molecular weight is 371 g/mol. The van der Waals surface area contributed by atoms with Crippen molar-refractivity contribution < 1.29 is 0 Å². The zero-order valence-electron chi connectivity index (χ0n) is 16.3. The highest BCUT2D eigenvalue weighted by Gasteiger charge is 2.39. The Morgan fingerprint density at radius 1 is 0.786 bits per heavy atom. The average Bonchev–Trinajstić information content (AvgIpc) is 2.78. The van der Waals surface area contributed by atoms with Gasteiger partial charge in [0.2, 0.25) is 5.95 Å². The first-order valence-electron chi connectivity index (χ1n) is 10.3. The molecule has 3 aromatic rings. The minimum absolute atomic E-state index is 0.457. The molecule has 4 heterocycles. The fourth-order valence-corrected chi connectivity index (χ4v) is 4.73. The van der Waals surface area contributed by atoms with Crippen molar-refractivity contribution in [1.29, 1.82) is 0 Å². The maximum absolute atomic E-state index is 4.61. The topological polar surface area (TPSA) is 41.1 Å². The minimum Gasteiger partial charge on any atom is -0.350 e. The van der Waals surface area contributed by atoms with Gasteiger partial charge in [0, 0.05) is 30.0 Å². The van der Waals surface area contributed by atoms with Gasteiger partial charge >= 0.3 is 0 Å². The molecule has 0 spiro atoms. The van der Waals surface area contributed by atoms with Crippen LogP contribution in [-0.4, -0.2) is 40.0 Å². The van der Waals surface area contributed by atoms with Gasteiger partial charge in [-0.2, -0.15) is 0 Å². The summed E-state index contributed by atoms with van der Waals surface area (Å²) in [6.07, 6.45) is 6.43. The Morgan fingerprint density at radius 2 is 1.36 bits per heavy atom. The van der Waals surface area contributed by atoms with Gasteiger partial charge in [0.25, 0.3) is 0 Å². The van der Waals surface area contributed by atoms with Gasteiger partial charge in [-0.15, -0.1) is 0 Å². The molecule has 3 aliphatic rings. The molecule has 3 saturated heterocycles. The van der Waals surface area contributed by atoms with Crippen LogP contribution in [0.5, 0.6) is 0 Å². The summed E-state index contributed by atoms with van der Waals surface area (Å²) < 4.78 is 0. The third-order valence-electron chi connectivity index (χ3n) is 6.45. The van der Waals surface area contributed by atoms with Crippen molar-refractivity contribution in [2.75, 3.05) is 18.4 Å². The number of benzene rings is 2. The normalized spacial score (nSPS) is 26.2. The number of hydrogen-bond acceptors (Lipinski definition) is 4. The first kappa shape index (κ1) is 17.4. The fraction of sp³-hybridized carbons (Fsp3) is 0.333. The molecule has 3 fully saturated rings. The highest BCUT2D eigenvalue weighted by atomic mass is 15.2. The smallest absolute Gasteiger partial charge is 0.222 e. The lowest BCUT2D eigenvalue weighted by Gasteiger charge is -2.49. The molecule has 6 rings (SSSR count). The maximum atomic E-state index is 4.61. The summed E-state index contributed by atoms with van der Waals surface area (Å²) in [7, 11) is 0. The lowest BCUT2D eigenvalue weighted by atomic mass is 9.79. The molecule has 0 aliphatic carbocycles. The Labute approximate surface area is 166 Å². The van der Waals surface area contributed by atoms with Gasteiger partial charge in [-0.3, -0.25) is 4.90 Å². The Morgan fingerprint density at radius 3 is 1.96 bits per heavy atom. The van der Waals surface area contributed by atoms with Gasteiger partial charge < -0.3 is 5.32 Å². The predicted molar refractivity (Wildman–Crippen MR) is 114 cm³/mol. The van der Waals surface area contributed by atoms with Crippen molar-refractivity contribution in [1.82, 2.24) is 14.9 Å². The third kappa shape index (κ3) is 3.29. The summed E-state index contributed by atoms with van der Waals surface area (Å²) in [5.74, 6) is 1.49. The maximum Gasteiger partial charge on any atom is 0.222 e. The molecule has 2 aromatic carbocycles. The van der Waals surface area contributed by atoms with Crippen molar-refractivity contribution in [2.45, 2.75) is 31.8 Å². The van der Waals surface area contributed by atoms with Crippen LogP contribution >= 0.6 is 0 Å². The lowest BCUT2D eigenvalue weighted by molar-refractivity contribution is 0.0455. The number of aromatic nitrogens is 2. The first-order chi connectivity index (χ1) is 13.8. The third-order valence-corrected chi connectivity index (χ3v) is 6.45. The zero-order valence-corrected chi connectivity index (χ0v) is 16.3. The van der Waals surface area contributed by atoms with Crippen LogP contribution in [0.1, 0.15) is 19.8 Å². The van der Waals surface area contributed by atoms with E-state index in [4.69, 9.17) is 0 Å². The number of nitrogens with one attached hydrogen (secondary N) is 1. The first-order valence-corrected chi connectivity index (χ1v) is 10.3. The van der Waals surface area contributed by atoms with Gasteiger partial charge in [0.05, 0.1) is 0 Å². The molecule has 1 aromatic heterocycles. The molecular weight excluding hydrogens is 344 g/mol. The molecule has 1 N–H and O–H groups in total. The van der Waals surface area contributed by atoms with Crippen LogP contribution in [0, 0.1) is 5.92 Å². The van der Waals surface area contributed by atoms with E-state index in [1.54, 1.807) is 0 Å². The van der Waals surface area contributed by atoms with Gasteiger partial charge in [-0.25, -0.2) is 9.97 Å². The molecule has 0 radical (unpaired) electrons. The molecular formula is C24H26N4. The van der Waals surface area contributed by atoms with Crippen molar-refractivity contribution in [2.24, 2.45) is 5.92 Å². The summed E-state index contributed by atoms with van der Waals surface area (Å²) in [6, 6.07) is 20.1. The zero-order chi connectivity index (χ0) is 18.9. The van der Waals surface area contributed by atoms with Crippen LogP contribution in [0.3, 0.4) is 0 Å². The van der Waals surface area contributed by atoms with Crippen molar-refractivity contribution in [3.8, 4) is 22.3 Å². The van der Waals surface area contributed by atoms with E-state index >= 15 is 0 Å². The van der Waals surface area contributed by atoms with Crippen molar-refractivity contribution in [3.63, 3.8) is 0 Å². The molecule has 3 aliphatic heterocycles. The highest BCUT2D eigenvalue weighted by Crippen LogP contribution is 2.33. The van der Waals surface area contributed by atoms with Crippen LogP contribution in [0.4, 0.5) is 5.95 Å². The highest BCUT2D eigenvalue weighted by molar-refractivity contribution is 5.69. The molecule has 2 bridgehead atoms. The number of nitrogens with zero attached hydrogens (tertiary/aromatic N) is 3. The molecule has 2 atom stereocenters. The summed E-state index contributed by atoms with van der Waals surface area (Å²) in [5, 5.41) is 3.61. The number of fused-ring (bicyclic) bond motifs is 3. The van der Waals surface area contributed by atoms with Crippen LogP contribution in [0.15, 0.2) is 67.0 Å². The summed E-state index contributed by atoms with van der Waals surface area (Å²) in [5.41, 5.74) is 4.64. The Bertz CT molecular complexity index is 911. The second-order valence-corrected chi connectivity index (χ2v) is 8.02. The molecule has 4 heteroatoms. The van der Waals surface area contributed by atoms with Crippen LogP contribution in [0.25, 0.3) is 22.3 Å².